The standard InChI is InChI=1S/C13H18FN3S/c1-16-7-2-8-17(10-9-16)13(18)15-12-5-3-11(14)4-6-12/h3-6H,2,7-10H2,1H3,(H,15,18). The summed E-state index contributed by atoms with van der Waals surface area (Å²) in [5.74, 6) is -0.233. The van der Waals surface area contributed by atoms with Crippen LogP contribution in [0.25, 0.3) is 0 Å². The van der Waals surface area contributed by atoms with Crippen LogP contribution in [0.2, 0.25) is 0 Å². The summed E-state index contributed by atoms with van der Waals surface area (Å²) in [5.41, 5.74) is 0.832. The quantitative estimate of drug-likeness (QED) is 0.786. The molecule has 1 aromatic carbocycles. The van der Waals surface area contributed by atoms with Crippen LogP contribution >= 0.6 is 12.2 Å². The molecule has 0 spiro atoms. The number of hydrogen-bond donors (Lipinski definition) is 1. The number of thiocarbonyl (C=S) groups is 1. The van der Waals surface area contributed by atoms with Crippen LogP contribution in [0, 0.1) is 5.82 Å². The molecule has 0 amide bonds. The van der Waals surface area contributed by atoms with Crippen molar-refractivity contribution in [3.8, 4) is 0 Å². The molecule has 1 heterocycles. The maximum Gasteiger partial charge on any atom is 0.173 e. The van der Waals surface area contributed by atoms with Crippen LogP contribution in [-0.2, 0) is 0 Å². The maximum absolute atomic E-state index is 12.8. The van der Waals surface area contributed by atoms with E-state index in [1.165, 1.54) is 12.1 Å². The van der Waals surface area contributed by atoms with Crippen LogP contribution in [0.15, 0.2) is 24.3 Å². The summed E-state index contributed by atoms with van der Waals surface area (Å²) < 4.78 is 12.8. The zero-order valence-corrected chi connectivity index (χ0v) is 11.3. The molecule has 0 atom stereocenters. The van der Waals surface area contributed by atoms with Crippen molar-refractivity contribution < 1.29 is 4.39 Å². The molecule has 18 heavy (non-hydrogen) atoms. The molecule has 0 saturated carbocycles. The van der Waals surface area contributed by atoms with Gasteiger partial charge in [0.1, 0.15) is 5.82 Å². The van der Waals surface area contributed by atoms with Gasteiger partial charge in [-0.25, -0.2) is 4.39 Å². The first-order chi connectivity index (χ1) is 8.65. The second-order valence-corrected chi connectivity index (χ2v) is 4.97. The first kappa shape index (κ1) is 13.2. The lowest BCUT2D eigenvalue weighted by Gasteiger charge is -2.24. The Kier molecular flexibility index (Phi) is 4.49. The van der Waals surface area contributed by atoms with Crippen molar-refractivity contribution in [2.24, 2.45) is 0 Å². The van der Waals surface area contributed by atoms with Crippen LogP contribution in [0.5, 0.6) is 0 Å². The summed E-state index contributed by atoms with van der Waals surface area (Å²) in [5, 5.41) is 3.87. The summed E-state index contributed by atoms with van der Waals surface area (Å²) in [6.07, 6.45) is 1.11. The van der Waals surface area contributed by atoms with Crippen molar-refractivity contribution in [3.05, 3.63) is 30.1 Å². The maximum atomic E-state index is 12.8. The van der Waals surface area contributed by atoms with Gasteiger partial charge in [-0.1, -0.05) is 0 Å². The number of halogens is 1. The Balaban J connectivity index is 1.92. The van der Waals surface area contributed by atoms with Crippen molar-refractivity contribution in [2.45, 2.75) is 6.42 Å². The number of hydrogen-bond acceptors (Lipinski definition) is 2. The smallest absolute Gasteiger partial charge is 0.173 e. The first-order valence-corrected chi connectivity index (χ1v) is 6.56. The lowest BCUT2D eigenvalue weighted by atomic mass is 10.3. The summed E-state index contributed by atoms with van der Waals surface area (Å²) in [6, 6.07) is 6.26. The molecule has 1 saturated heterocycles. The second-order valence-electron chi connectivity index (χ2n) is 4.58. The lowest BCUT2D eigenvalue weighted by molar-refractivity contribution is 0.347. The number of rotatable bonds is 1. The third kappa shape index (κ3) is 3.65. The Bertz CT molecular complexity index is 407. The third-order valence-corrected chi connectivity index (χ3v) is 3.46. The molecule has 0 aromatic heterocycles. The van der Waals surface area contributed by atoms with Gasteiger partial charge in [0, 0.05) is 25.3 Å². The van der Waals surface area contributed by atoms with Crippen LogP contribution in [-0.4, -0.2) is 48.1 Å². The van der Waals surface area contributed by atoms with Gasteiger partial charge >= 0.3 is 0 Å². The van der Waals surface area contributed by atoms with E-state index in [2.05, 4.69) is 22.2 Å². The van der Waals surface area contributed by atoms with Gasteiger partial charge in [0.05, 0.1) is 0 Å². The minimum atomic E-state index is -0.233. The monoisotopic (exact) mass is 267 g/mol. The predicted molar refractivity (Wildman–Crippen MR) is 76.3 cm³/mol. The van der Waals surface area contributed by atoms with Crippen LogP contribution < -0.4 is 5.32 Å². The van der Waals surface area contributed by atoms with E-state index >= 15 is 0 Å². The van der Waals surface area contributed by atoms with E-state index in [-0.39, 0.29) is 5.82 Å². The van der Waals surface area contributed by atoms with Gasteiger partial charge in [-0.2, -0.15) is 0 Å². The molecule has 0 radical (unpaired) electrons. The fraction of sp³-hybridized carbons (Fsp3) is 0.462. The molecule has 1 fully saturated rings. The molecule has 98 valence electrons. The van der Waals surface area contributed by atoms with Crippen molar-refractivity contribution in [1.29, 1.82) is 0 Å². The first-order valence-electron chi connectivity index (χ1n) is 6.15. The molecular weight excluding hydrogens is 249 g/mol. The molecule has 5 heteroatoms. The van der Waals surface area contributed by atoms with Gasteiger partial charge in [0.25, 0.3) is 0 Å². The Hall–Kier alpha value is -1.20. The van der Waals surface area contributed by atoms with Gasteiger partial charge in [0.2, 0.25) is 0 Å². The van der Waals surface area contributed by atoms with E-state index in [0.717, 1.165) is 43.4 Å². The van der Waals surface area contributed by atoms with Crippen LogP contribution in [0.3, 0.4) is 0 Å². The number of benzene rings is 1. The number of nitrogens with one attached hydrogen (secondary N) is 1. The van der Waals surface area contributed by atoms with E-state index in [1.807, 2.05) is 0 Å². The summed E-state index contributed by atoms with van der Waals surface area (Å²) in [6.45, 7) is 4.03. The molecule has 1 N–H and O–H groups in total. The number of anilines is 1. The van der Waals surface area contributed by atoms with Crippen molar-refractivity contribution in [3.63, 3.8) is 0 Å². The highest BCUT2D eigenvalue weighted by atomic mass is 32.1. The van der Waals surface area contributed by atoms with Crippen molar-refractivity contribution in [2.75, 3.05) is 38.5 Å². The Labute approximate surface area is 113 Å². The zero-order valence-electron chi connectivity index (χ0n) is 10.5. The molecular formula is C13H18FN3S. The average molecular weight is 267 g/mol. The minimum absolute atomic E-state index is 0.233. The van der Waals surface area contributed by atoms with Gasteiger partial charge in [0.15, 0.2) is 5.11 Å². The van der Waals surface area contributed by atoms with E-state index in [1.54, 1.807) is 12.1 Å². The van der Waals surface area contributed by atoms with Crippen LogP contribution in [0.1, 0.15) is 6.42 Å². The van der Waals surface area contributed by atoms with E-state index in [4.69, 9.17) is 12.2 Å². The molecule has 0 aliphatic carbocycles. The molecule has 0 bridgehead atoms. The lowest BCUT2D eigenvalue weighted by Crippen LogP contribution is -2.37. The zero-order chi connectivity index (χ0) is 13.0. The van der Waals surface area contributed by atoms with Gasteiger partial charge in [-0.05, 0) is 56.5 Å². The molecule has 1 aliphatic heterocycles. The SMILES string of the molecule is CN1CCCN(C(=S)Nc2ccc(F)cc2)CC1. The van der Waals surface area contributed by atoms with E-state index in [9.17, 15) is 4.39 Å². The highest BCUT2D eigenvalue weighted by Crippen LogP contribution is 2.10. The third-order valence-electron chi connectivity index (χ3n) is 3.10. The van der Waals surface area contributed by atoms with E-state index < -0.39 is 0 Å². The summed E-state index contributed by atoms with van der Waals surface area (Å²) in [4.78, 5) is 4.47. The summed E-state index contributed by atoms with van der Waals surface area (Å²) >= 11 is 5.39. The number of likely N-dealkylation sites (N-methyl/N-ethyl adjacent to an activating group) is 1. The van der Waals surface area contributed by atoms with Crippen LogP contribution in [0.4, 0.5) is 10.1 Å². The Morgan fingerprint density at radius 3 is 2.61 bits per heavy atom. The fourth-order valence-electron chi connectivity index (χ4n) is 1.99. The van der Waals surface area contributed by atoms with E-state index in [0.29, 0.717) is 0 Å². The normalized spacial score (nSPS) is 17.3. The topological polar surface area (TPSA) is 18.5 Å². The fourth-order valence-corrected chi connectivity index (χ4v) is 2.29. The molecule has 2 rings (SSSR count). The number of nitrogens with zero attached hydrogens (tertiary/aromatic N) is 2. The van der Waals surface area contributed by atoms with Gasteiger partial charge in [-0.3, -0.25) is 0 Å². The summed E-state index contributed by atoms with van der Waals surface area (Å²) in [7, 11) is 2.12. The highest BCUT2D eigenvalue weighted by Gasteiger charge is 2.14. The van der Waals surface area contributed by atoms with Crippen molar-refractivity contribution >= 4 is 23.0 Å². The van der Waals surface area contributed by atoms with Gasteiger partial charge < -0.3 is 15.1 Å². The van der Waals surface area contributed by atoms with Gasteiger partial charge in [-0.15, -0.1) is 0 Å². The molecule has 1 aliphatic rings. The molecule has 0 unspecified atom stereocenters. The second kappa shape index (κ2) is 6.11. The average Bonchev–Trinajstić information content (AvgIpc) is 2.57. The molecule has 1 aromatic rings. The predicted octanol–water partition coefficient (Wildman–Crippen LogP) is 2.16. The Morgan fingerprint density at radius 2 is 1.89 bits per heavy atom. The highest BCUT2D eigenvalue weighted by molar-refractivity contribution is 7.80. The Morgan fingerprint density at radius 1 is 1.17 bits per heavy atom. The van der Waals surface area contributed by atoms with Crippen molar-refractivity contribution in [1.82, 2.24) is 9.80 Å². The largest absolute Gasteiger partial charge is 0.348 e. The molecule has 3 nitrogen and oxygen atoms in total. The minimum Gasteiger partial charge on any atom is -0.348 e.